The Bertz CT molecular complexity index is 322. The van der Waals surface area contributed by atoms with Gasteiger partial charge in [0.15, 0.2) is 0 Å². The van der Waals surface area contributed by atoms with E-state index in [0.29, 0.717) is 6.04 Å². The highest BCUT2D eigenvalue weighted by Crippen LogP contribution is 2.22. The van der Waals surface area contributed by atoms with E-state index in [2.05, 4.69) is 36.0 Å². The van der Waals surface area contributed by atoms with Crippen molar-refractivity contribution in [3.8, 4) is 0 Å². The normalized spacial score (nSPS) is 20.3. The van der Waals surface area contributed by atoms with Gasteiger partial charge < -0.3 is 4.90 Å². The summed E-state index contributed by atoms with van der Waals surface area (Å²) in [5, 5.41) is 0. The fourth-order valence-electron chi connectivity index (χ4n) is 2.44. The van der Waals surface area contributed by atoms with E-state index in [1.54, 1.807) is 0 Å². The lowest BCUT2D eigenvalue weighted by Gasteiger charge is -2.31. The third-order valence-electron chi connectivity index (χ3n) is 3.36. The third-order valence-corrected chi connectivity index (χ3v) is 3.36. The molecule has 1 aliphatic rings. The van der Waals surface area contributed by atoms with Gasteiger partial charge in [-0.15, -0.1) is 0 Å². The molecule has 0 N–H and O–H groups in total. The fourth-order valence-corrected chi connectivity index (χ4v) is 2.44. The first-order valence-corrected chi connectivity index (χ1v) is 5.94. The highest BCUT2D eigenvalue weighted by molar-refractivity contribution is 5.23. The maximum absolute atomic E-state index is 4.49. The van der Waals surface area contributed by atoms with Crippen LogP contribution in [0.4, 0.5) is 0 Å². The fraction of sp³-hybridized carbons (Fsp3) is 0.615. The summed E-state index contributed by atoms with van der Waals surface area (Å²) < 4.78 is 0. The molecule has 0 saturated heterocycles. The third kappa shape index (κ3) is 2.37. The Morgan fingerprint density at radius 2 is 2.40 bits per heavy atom. The summed E-state index contributed by atoms with van der Waals surface area (Å²) in [5.41, 5.74) is 2.77. The Labute approximate surface area is 92.3 Å². The van der Waals surface area contributed by atoms with Gasteiger partial charge in [0.05, 0.1) is 0 Å². The zero-order valence-electron chi connectivity index (χ0n) is 9.74. The number of hydrogen-bond acceptors (Lipinski definition) is 2. The van der Waals surface area contributed by atoms with Crippen molar-refractivity contribution in [1.82, 2.24) is 9.88 Å². The van der Waals surface area contributed by atoms with Crippen LogP contribution in [0.1, 0.15) is 31.0 Å². The molecule has 0 aromatic carbocycles. The van der Waals surface area contributed by atoms with Gasteiger partial charge in [-0.2, -0.15) is 0 Å². The van der Waals surface area contributed by atoms with Gasteiger partial charge in [0.1, 0.15) is 0 Å². The highest BCUT2D eigenvalue weighted by atomic mass is 15.1. The van der Waals surface area contributed by atoms with Gasteiger partial charge in [-0.05, 0) is 44.5 Å². The zero-order chi connectivity index (χ0) is 10.7. The molecule has 0 amide bonds. The summed E-state index contributed by atoms with van der Waals surface area (Å²) in [6, 6.07) is 4.97. The van der Waals surface area contributed by atoms with E-state index in [4.69, 9.17) is 0 Å². The number of likely N-dealkylation sites (N-methyl/N-ethyl adjacent to an activating group) is 1. The van der Waals surface area contributed by atoms with Crippen LogP contribution in [0.5, 0.6) is 0 Å². The Morgan fingerprint density at radius 1 is 1.53 bits per heavy atom. The molecule has 0 aliphatic heterocycles. The summed E-state index contributed by atoms with van der Waals surface area (Å²) >= 11 is 0. The molecule has 2 heteroatoms. The van der Waals surface area contributed by atoms with Crippen molar-refractivity contribution in [3.05, 3.63) is 29.6 Å². The van der Waals surface area contributed by atoms with Crippen LogP contribution in [0.3, 0.4) is 0 Å². The van der Waals surface area contributed by atoms with Gasteiger partial charge in [0.2, 0.25) is 0 Å². The average molecular weight is 204 g/mol. The molecule has 82 valence electrons. The van der Waals surface area contributed by atoms with Gasteiger partial charge in [-0.25, -0.2) is 0 Å². The summed E-state index contributed by atoms with van der Waals surface area (Å²) in [5.74, 6) is 0. The number of nitrogens with zero attached hydrogens (tertiary/aromatic N) is 2. The van der Waals surface area contributed by atoms with Crippen molar-refractivity contribution in [3.63, 3.8) is 0 Å². The molecule has 1 unspecified atom stereocenters. The maximum Gasteiger partial charge on any atom is 0.0451 e. The van der Waals surface area contributed by atoms with Crippen molar-refractivity contribution in [2.75, 3.05) is 13.6 Å². The molecule has 0 saturated carbocycles. The van der Waals surface area contributed by atoms with Gasteiger partial charge >= 0.3 is 0 Å². The molecule has 1 atom stereocenters. The van der Waals surface area contributed by atoms with Gasteiger partial charge in [0, 0.05) is 24.4 Å². The molecule has 0 radical (unpaired) electrons. The number of pyridine rings is 1. The van der Waals surface area contributed by atoms with E-state index in [1.807, 2.05) is 6.20 Å². The lowest BCUT2D eigenvalue weighted by atomic mass is 9.91. The van der Waals surface area contributed by atoms with E-state index in [9.17, 15) is 0 Å². The molecule has 1 aromatic rings. The number of aryl methyl sites for hydroxylation is 1. The average Bonchev–Trinajstić information content (AvgIpc) is 2.29. The lowest BCUT2D eigenvalue weighted by molar-refractivity contribution is 0.220. The molecule has 15 heavy (non-hydrogen) atoms. The highest BCUT2D eigenvalue weighted by Gasteiger charge is 2.21. The van der Waals surface area contributed by atoms with Crippen LogP contribution in [-0.2, 0) is 12.8 Å². The Hall–Kier alpha value is -0.890. The standard InChI is InChI=1S/C13H20N2/c1-3-9-15(2)12-7-6-11-5-4-8-14-13(11)10-12/h4-5,8,12H,3,6-7,9-10H2,1-2H3. The molecule has 2 rings (SSSR count). The van der Waals surface area contributed by atoms with Crippen LogP contribution in [0.25, 0.3) is 0 Å². The molecule has 1 aromatic heterocycles. The molecule has 0 bridgehead atoms. The maximum atomic E-state index is 4.49. The number of rotatable bonds is 3. The Balaban J connectivity index is 2.05. The second-order valence-electron chi connectivity index (χ2n) is 4.49. The number of hydrogen-bond donors (Lipinski definition) is 0. The SMILES string of the molecule is CCCN(C)C1CCc2cccnc2C1. The van der Waals surface area contributed by atoms with Crippen molar-refractivity contribution in [2.45, 2.75) is 38.6 Å². The van der Waals surface area contributed by atoms with Gasteiger partial charge in [-0.1, -0.05) is 13.0 Å². The number of fused-ring (bicyclic) bond motifs is 1. The molecule has 0 spiro atoms. The summed E-state index contributed by atoms with van der Waals surface area (Å²) in [7, 11) is 2.24. The van der Waals surface area contributed by atoms with Crippen molar-refractivity contribution in [2.24, 2.45) is 0 Å². The van der Waals surface area contributed by atoms with E-state index in [1.165, 1.54) is 37.1 Å². The van der Waals surface area contributed by atoms with Crippen molar-refractivity contribution in [1.29, 1.82) is 0 Å². The predicted molar refractivity (Wildman–Crippen MR) is 63.0 cm³/mol. The molecular formula is C13H20N2. The minimum atomic E-state index is 0.701. The van der Waals surface area contributed by atoms with E-state index < -0.39 is 0 Å². The van der Waals surface area contributed by atoms with Crippen LogP contribution < -0.4 is 0 Å². The topological polar surface area (TPSA) is 16.1 Å². The molecular weight excluding hydrogens is 184 g/mol. The van der Waals surface area contributed by atoms with E-state index in [0.717, 1.165) is 6.42 Å². The minimum absolute atomic E-state index is 0.701. The second-order valence-corrected chi connectivity index (χ2v) is 4.49. The van der Waals surface area contributed by atoms with E-state index in [-0.39, 0.29) is 0 Å². The molecule has 1 aliphatic carbocycles. The minimum Gasteiger partial charge on any atom is -0.303 e. The molecule has 0 fully saturated rings. The van der Waals surface area contributed by atoms with E-state index >= 15 is 0 Å². The first-order chi connectivity index (χ1) is 7.31. The largest absolute Gasteiger partial charge is 0.303 e. The monoisotopic (exact) mass is 204 g/mol. The predicted octanol–water partition coefficient (Wildman–Crippen LogP) is 2.28. The van der Waals surface area contributed by atoms with Gasteiger partial charge in [0.25, 0.3) is 0 Å². The number of aromatic nitrogens is 1. The van der Waals surface area contributed by atoms with Crippen LogP contribution >= 0.6 is 0 Å². The molecule has 2 nitrogen and oxygen atoms in total. The van der Waals surface area contributed by atoms with Gasteiger partial charge in [-0.3, -0.25) is 4.98 Å². The Kier molecular flexibility index (Phi) is 3.37. The first kappa shape index (κ1) is 10.6. The van der Waals surface area contributed by atoms with Crippen molar-refractivity contribution < 1.29 is 0 Å². The lowest BCUT2D eigenvalue weighted by Crippen LogP contribution is -2.37. The second kappa shape index (κ2) is 4.75. The Morgan fingerprint density at radius 3 is 3.20 bits per heavy atom. The van der Waals surface area contributed by atoms with Crippen LogP contribution in [0.15, 0.2) is 18.3 Å². The van der Waals surface area contributed by atoms with Crippen LogP contribution in [0.2, 0.25) is 0 Å². The van der Waals surface area contributed by atoms with Crippen LogP contribution in [-0.4, -0.2) is 29.5 Å². The first-order valence-electron chi connectivity index (χ1n) is 5.94. The summed E-state index contributed by atoms with van der Waals surface area (Å²) in [4.78, 5) is 6.97. The summed E-state index contributed by atoms with van der Waals surface area (Å²) in [6.45, 7) is 3.44. The van der Waals surface area contributed by atoms with Crippen molar-refractivity contribution >= 4 is 0 Å². The quantitative estimate of drug-likeness (QED) is 0.751. The smallest absolute Gasteiger partial charge is 0.0451 e. The summed E-state index contributed by atoms with van der Waals surface area (Å²) in [6.07, 6.45) is 6.77. The zero-order valence-corrected chi connectivity index (χ0v) is 9.74. The van der Waals surface area contributed by atoms with Crippen LogP contribution in [0, 0.1) is 0 Å². The molecule has 1 heterocycles.